The van der Waals surface area contributed by atoms with E-state index in [2.05, 4.69) is 0 Å². The normalized spacial score (nSPS) is 21.8. The largest absolute Gasteiger partial charge is 0.396 e. The fraction of sp³-hybridized carbons (Fsp3) is 0.455. The van der Waals surface area contributed by atoms with Crippen molar-refractivity contribution in [3.63, 3.8) is 0 Å². The first-order valence-corrected chi connectivity index (χ1v) is 9.24. The van der Waals surface area contributed by atoms with Gasteiger partial charge in [0.15, 0.2) is 9.84 Å². The molecule has 10 heteroatoms. The molecular weight excluding hydrogens is 326 g/mol. The van der Waals surface area contributed by atoms with Crippen LogP contribution in [0, 0.1) is 11.6 Å². The van der Waals surface area contributed by atoms with Crippen LogP contribution in [0.3, 0.4) is 0 Å². The fourth-order valence-electron chi connectivity index (χ4n) is 2.16. The number of benzene rings is 1. The molecule has 21 heavy (non-hydrogen) atoms. The van der Waals surface area contributed by atoms with Gasteiger partial charge in [-0.1, -0.05) is 0 Å². The topological polar surface area (TPSA) is 97.5 Å². The molecule has 1 unspecified atom stereocenters. The summed E-state index contributed by atoms with van der Waals surface area (Å²) in [5, 5.41) is 0. The number of anilines is 1. The van der Waals surface area contributed by atoms with E-state index in [9.17, 15) is 25.6 Å². The molecular formula is C11H14F2N2O4S2. The van der Waals surface area contributed by atoms with Gasteiger partial charge in [0.1, 0.15) is 16.5 Å². The molecule has 1 aromatic rings. The number of sulfonamides is 1. The van der Waals surface area contributed by atoms with E-state index in [1.54, 1.807) is 0 Å². The van der Waals surface area contributed by atoms with E-state index >= 15 is 0 Å². The predicted molar refractivity (Wildman–Crippen MR) is 72.8 cm³/mol. The molecule has 118 valence electrons. The van der Waals surface area contributed by atoms with Gasteiger partial charge in [0.25, 0.3) is 0 Å². The maximum absolute atomic E-state index is 13.7. The number of sulfone groups is 1. The Morgan fingerprint density at radius 1 is 1.29 bits per heavy atom. The molecule has 0 amide bonds. The number of hydrogen-bond acceptors (Lipinski definition) is 5. The lowest BCUT2D eigenvalue weighted by atomic mass is 10.3. The summed E-state index contributed by atoms with van der Waals surface area (Å²) in [4.78, 5) is -0.770. The molecule has 1 aromatic carbocycles. The van der Waals surface area contributed by atoms with Crippen LogP contribution in [0.2, 0.25) is 0 Å². The molecule has 6 nitrogen and oxygen atoms in total. The summed E-state index contributed by atoms with van der Waals surface area (Å²) in [6, 6.07) is 0.312. The third kappa shape index (κ3) is 3.01. The summed E-state index contributed by atoms with van der Waals surface area (Å²) in [5.74, 6) is -2.76. The number of nitrogens with zero attached hydrogens (tertiary/aromatic N) is 1. The van der Waals surface area contributed by atoms with Crippen molar-refractivity contribution in [1.82, 2.24) is 4.31 Å². The monoisotopic (exact) mass is 340 g/mol. The Balaban J connectivity index is 2.41. The molecule has 2 N–H and O–H groups in total. The smallest absolute Gasteiger partial charge is 0.246 e. The predicted octanol–water partition coefficient (Wildman–Crippen LogP) is 0.355. The molecule has 0 bridgehead atoms. The Morgan fingerprint density at radius 2 is 1.90 bits per heavy atom. The lowest BCUT2D eigenvalue weighted by molar-refractivity contribution is 0.391. The lowest BCUT2D eigenvalue weighted by Crippen LogP contribution is -2.38. The van der Waals surface area contributed by atoms with Crippen LogP contribution < -0.4 is 5.73 Å². The summed E-state index contributed by atoms with van der Waals surface area (Å²) in [6.45, 7) is 0. The number of nitrogen functional groups attached to an aromatic ring is 1. The second-order valence-corrected chi connectivity index (χ2v) is 9.08. The highest BCUT2D eigenvalue weighted by Crippen LogP contribution is 2.27. The second kappa shape index (κ2) is 5.18. The third-order valence-electron chi connectivity index (χ3n) is 3.43. The molecule has 0 aliphatic carbocycles. The molecule has 0 aromatic heterocycles. The van der Waals surface area contributed by atoms with Crippen LogP contribution in [-0.4, -0.2) is 45.7 Å². The van der Waals surface area contributed by atoms with Crippen molar-refractivity contribution in [1.29, 1.82) is 0 Å². The molecule has 0 spiro atoms. The van der Waals surface area contributed by atoms with Crippen LogP contribution in [0.5, 0.6) is 0 Å². The Hall–Kier alpha value is -1.26. The quantitative estimate of drug-likeness (QED) is 0.801. The zero-order valence-corrected chi connectivity index (χ0v) is 12.7. The fourth-order valence-corrected chi connectivity index (χ4v) is 5.49. The first-order valence-electron chi connectivity index (χ1n) is 5.97. The SMILES string of the molecule is CN(C1CCS(=O)(=O)C1)S(=O)(=O)c1cc(N)c(F)cc1F. The van der Waals surface area contributed by atoms with E-state index in [0.717, 1.165) is 4.31 Å². The molecule has 1 fully saturated rings. The molecule has 0 radical (unpaired) electrons. The zero-order chi connectivity index (χ0) is 16.0. The highest BCUT2D eigenvalue weighted by molar-refractivity contribution is 7.92. The maximum Gasteiger partial charge on any atom is 0.246 e. The van der Waals surface area contributed by atoms with Crippen LogP contribution in [0.15, 0.2) is 17.0 Å². The number of halogens is 2. The molecule has 2 rings (SSSR count). The van der Waals surface area contributed by atoms with Crippen molar-refractivity contribution >= 4 is 25.5 Å². The highest BCUT2D eigenvalue weighted by Gasteiger charge is 2.37. The minimum absolute atomic E-state index is 0.119. The van der Waals surface area contributed by atoms with Gasteiger partial charge in [-0.2, -0.15) is 4.31 Å². The van der Waals surface area contributed by atoms with Crippen molar-refractivity contribution in [2.24, 2.45) is 0 Å². The van der Waals surface area contributed by atoms with Crippen LogP contribution in [0.1, 0.15) is 6.42 Å². The minimum Gasteiger partial charge on any atom is -0.396 e. The van der Waals surface area contributed by atoms with Gasteiger partial charge in [0.05, 0.1) is 17.2 Å². The third-order valence-corrected chi connectivity index (χ3v) is 7.11. The average Bonchev–Trinajstić information content (AvgIpc) is 2.73. The molecule has 1 aliphatic rings. The zero-order valence-electron chi connectivity index (χ0n) is 11.1. The summed E-state index contributed by atoms with van der Waals surface area (Å²) in [5.41, 5.74) is 4.76. The van der Waals surface area contributed by atoms with E-state index in [1.807, 2.05) is 0 Å². The molecule has 1 atom stereocenters. The summed E-state index contributed by atoms with van der Waals surface area (Å²) in [7, 11) is -6.42. The van der Waals surface area contributed by atoms with Gasteiger partial charge in [-0.25, -0.2) is 25.6 Å². The van der Waals surface area contributed by atoms with Crippen LogP contribution >= 0.6 is 0 Å². The van der Waals surface area contributed by atoms with Crippen molar-refractivity contribution in [2.75, 3.05) is 24.3 Å². The van der Waals surface area contributed by atoms with E-state index in [-0.39, 0.29) is 17.9 Å². The summed E-state index contributed by atoms with van der Waals surface area (Å²) < 4.78 is 75.1. The summed E-state index contributed by atoms with van der Waals surface area (Å²) in [6.07, 6.45) is 0.135. The van der Waals surface area contributed by atoms with Crippen LogP contribution in [0.25, 0.3) is 0 Å². The van der Waals surface area contributed by atoms with Crippen molar-refractivity contribution in [3.8, 4) is 0 Å². The second-order valence-electron chi connectivity index (χ2n) is 4.88. The van der Waals surface area contributed by atoms with Crippen molar-refractivity contribution in [3.05, 3.63) is 23.8 Å². The molecule has 0 saturated carbocycles. The Labute approximate surface area is 121 Å². The van der Waals surface area contributed by atoms with E-state index in [0.29, 0.717) is 12.1 Å². The van der Waals surface area contributed by atoms with Gasteiger partial charge in [-0.15, -0.1) is 0 Å². The van der Waals surface area contributed by atoms with Gasteiger partial charge >= 0.3 is 0 Å². The van der Waals surface area contributed by atoms with E-state index < -0.39 is 48.1 Å². The van der Waals surface area contributed by atoms with E-state index in [1.165, 1.54) is 7.05 Å². The number of rotatable bonds is 3. The van der Waals surface area contributed by atoms with Crippen molar-refractivity contribution in [2.45, 2.75) is 17.4 Å². The van der Waals surface area contributed by atoms with E-state index in [4.69, 9.17) is 5.73 Å². The van der Waals surface area contributed by atoms with Crippen LogP contribution in [0.4, 0.5) is 14.5 Å². The van der Waals surface area contributed by atoms with Crippen molar-refractivity contribution < 1.29 is 25.6 Å². The molecule has 1 aliphatic heterocycles. The minimum atomic E-state index is -4.30. The van der Waals surface area contributed by atoms with Gasteiger partial charge < -0.3 is 5.73 Å². The Kier molecular flexibility index (Phi) is 3.98. The summed E-state index contributed by atoms with van der Waals surface area (Å²) >= 11 is 0. The Morgan fingerprint density at radius 3 is 2.43 bits per heavy atom. The Bertz CT molecular complexity index is 778. The lowest BCUT2D eigenvalue weighted by Gasteiger charge is -2.23. The maximum atomic E-state index is 13.7. The van der Waals surface area contributed by atoms with Gasteiger partial charge in [0.2, 0.25) is 10.0 Å². The van der Waals surface area contributed by atoms with Gasteiger partial charge in [0, 0.05) is 19.2 Å². The van der Waals surface area contributed by atoms with Gasteiger partial charge in [-0.05, 0) is 12.5 Å². The first kappa shape index (κ1) is 16.1. The first-order chi connectivity index (χ1) is 9.54. The van der Waals surface area contributed by atoms with Gasteiger partial charge in [-0.3, -0.25) is 0 Å². The molecule has 1 heterocycles. The van der Waals surface area contributed by atoms with Crippen LogP contribution in [-0.2, 0) is 19.9 Å². The standard InChI is InChI=1S/C11H14F2N2O4S2/c1-15(7-2-3-20(16,17)6-7)21(18,19)11-5-10(14)8(12)4-9(11)13/h4-5,7H,2-3,6,14H2,1H3. The average molecular weight is 340 g/mol. The highest BCUT2D eigenvalue weighted by atomic mass is 32.2. The number of nitrogens with two attached hydrogens (primary N) is 1. The molecule has 1 saturated heterocycles. The number of hydrogen-bond donors (Lipinski definition) is 1.